The van der Waals surface area contributed by atoms with Crippen LogP contribution in [-0.2, 0) is 6.42 Å². The second-order valence-electron chi connectivity index (χ2n) is 7.16. The third kappa shape index (κ3) is 3.18. The first-order valence-corrected chi connectivity index (χ1v) is 9.09. The van der Waals surface area contributed by atoms with Crippen LogP contribution >= 0.6 is 0 Å². The zero-order valence-corrected chi connectivity index (χ0v) is 14.6. The predicted molar refractivity (Wildman–Crippen MR) is 97.2 cm³/mol. The van der Waals surface area contributed by atoms with Crippen molar-refractivity contribution in [3.8, 4) is 11.8 Å². The van der Waals surface area contributed by atoms with Gasteiger partial charge in [0.1, 0.15) is 23.7 Å². The molecule has 0 bridgehead atoms. The van der Waals surface area contributed by atoms with Crippen LogP contribution in [0.15, 0.2) is 42.5 Å². The quantitative estimate of drug-likeness (QED) is 0.923. The van der Waals surface area contributed by atoms with E-state index in [0.717, 1.165) is 37.9 Å². The molecule has 2 aromatic rings. The van der Waals surface area contributed by atoms with Crippen molar-refractivity contribution < 1.29 is 9.13 Å². The normalized spacial score (nSPS) is 25.5. The molecule has 3 atom stereocenters. The van der Waals surface area contributed by atoms with Gasteiger partial charge in [0.2, 0.25) is 0 Å². The van der Waals surface area contributed by atoms with Crippen LogP contribution in [0.4, 0.5) is 4.39 Å². The number of rotatable bonds is 3. The number of nitrogens with two attached hydrogens (primary N) is 1. The lowest BCUT2D eigenvalue weighted by atomic mass is 10.0. The van der Waals surface area contributed by atoms with Gasteiger partial charge in [-0.2, -0.15) is 5.26 Å². The third-order valence-corrected chi connectivity index (χ3v) is 5.42. The number of ether oxygens (including phenoxy) is 1. The van der Waals surface area contributed by atoms with Crippen LogP contribution in [0.2, 0.25) is 0 Å². The Kier molecular flexibility index (Phi) is 4.62. The Morgan fingerprint density at radius 2 is 2.08 bits per heavy atom. The minimum atomic E-state index is -0.548. The summed E-state index contributed by atoms with van der Waals surface area (Å²) in [6.45, 7) is 1.87. The molecule has 0 radical (unpaired) electrons. The van der Waals surface area contributed by atoms with Crippen LogP contribution in [0, 0.1) is 17.1 Å². The van der Waals surface area contributed by atoms with E-state index in [9.17, 15) is 4.39 Å². The zero-order valence-electron chi connectivity index (χ0n) is 14.6. The number of fused-ring (bicyclic) bond motifs is 1. The first kappa shape index (κ1) is 17.0. The standard InChI is InChI=1S/C21H22FN3O/c22-19-11-17(8-7-15(19)12-23)26-21-18-6-2-1-4-14(18)10-20(21)25-9-3-5-16(24)13-25/h1-2,4,6-8,11,16,20-21H,3,5,9-10,13,24H2/t16-,20-,21-/m1/s1. The highest BCUT2D eigenvalue weighted by molar-refractivity contribution is 5.40. The van der Waals surface area contributed by atoms with Crippen molar-refractivity contribution in [2.45, 2.75) is 37.5 Å². The van der Waals surface area contributed by atoms with Gasteiger partial charge in [0.25, 0.3) is 0 Å². The van der Waals surface area contributed by atoms with Gasteiger partial charge in [0, 0.05) is 18.7 Å². The number of piperidine rings is 1. The fraction of sp³-hybridized carbons (Fsp3) is 0.381. The van der Waals surface area contributed by atoms with E-state index in [2.05, 4.69) is 17.0 Å². The minimum absolute atomic E-state index is 0.0303. The largest absolute Gasteiger partial charge is 0.484 e. The number of halogens is 1. The van der Waals surface area contributed by atoms with E-state index >= 15 is 0 Å². The molecule has 0 spiro atoms. The van der Waals surface area contributed by atoms with Crippen LogP contribution in [0.5, 0.6) is 5.75 Å². The molecule has 5 heteroatoms. The Morgan fingerprint density at radius 3 is 2.85 bits per heavy atom. The SMILES string of the molecule is N#Cc1ccc(O[C@@H]2c3ccccc3C[C@H]2N2CCC[C@@H](N)C2)cc1F. The molecule has 2 N–H and O–H groups in total. The smallest absolute Gasteiger partial charge is 0.144 e. The van der Waals surface area contributed by atoms with Gasteiger partial charge in [-0.15, -0.1) is 0 Å². The van der Waals surface area contributed by atoms with E-state index in [1.54, 1.807) is 6.07 Å². The van der Waals surface area contributed by atoms with Crippen LogP contribution < -0.4 is 10.5 Å². The Hall–Kier alpha value is -2.42. The lowest BCUT2D eigenvalue weighted by molar-refractivity contribution is 0.0591. The first-order chi connectivity index (χ1) is 12.7. The summed E-state index contributed by atoms with van der Waals surface area (Å²) in [4.78, 5) is 2.42. The molecule has 0 aromatic heterocycles. The van der Waals surface area contributed by atoms with Crippen molar-refractivity contribution in [3.05, 3.63) is 65.0 Å². The van der Waals surface area contributed by atoms with Crippen molar-refractivity contribution in [2.75, 3.05) is 13.1 Å². The number of nitriles is 1. The molecule has 26 heavy (non-hydrogen) atoms. The molecule has 0 unspecified atom stereocenters. The molecule has 1 fully saturated rings. The molecule has 0 saturated carbocycles. The second-order valence-corrected chi connectivity index (χ2v) is 7.16. The molecule has 1 aliphatic carbocycles. The molecule has 134 valence electrons. The van der Waals surface area contributed by atoms with Crippen LogP contribution in [0.1, 0.15) is 35.6 Å². The topological polar surface area (TPSA) is 62.3 Å². The van der Waals surface area contributed by atoms with Crippen LogP contribution in [0.25, 0.3) is 0 Å². The highest BCUT2D eigenvalue weighted by atomic mass is 19.1. The average Bonchev–Trinajstić information content (AvgIpc) is 3.01. The molecule has 1 saturated heterocycles. The van der Waals surface area contributed by atoms with Gasteiger partial charge in [-0.1, -0.05) is 24.3 Å². The zero-order chi connectivity index (χ0) is 18.1. The van der Waals surface area contributed by atoms with Gasteiger partial charge in [-0.3, -0.25) is 4.90 Å². The first-order valence-electron chi connectivity index (χ1n) is 9.09. The summed E-state index contributed by atoms with van der Waals surface area (Å²) in [7, 11) is 0. The van der Waals surface area contributed by atoms with Gasteiger partial charge < -0.3 is 10.5 Å². The monoisotopic (exact) mass is 351 g/mol. The van der Waals surface area contributed by atoms with Crippen molar-refractivity contribution in [1.82, 2.24) is 4.90 Å². The van der Waals surface area contributed by atoms with Gasteiger partial charge >= 0.3 is 0 Å². The van der Waals surface area contributed by atoms with Crippen molar-refractivity contribution in [1.29, 1.82) is 5.26 Å². The van der Waals surface area contributed by atoms with Crippen LogP contribution in [-0.4, -0.2) is 30.1 Å². The van der Waals surface area contributed by atoms with E-state index in [0.29, 0.717) is 5.75 Å². The Bertz CT molecular complexity index is 847. The Morgan fingerprint density at radius 1 is 1.23 bits per heavy atom. The maximum atomic E-state index is 14.0. The predicted octanol–water partition coefficient (Wildman–Crippen LogP) is 3.17. The molecular weight excluding hydrogens is 329 g/mol. The van der Waals surface area contributed by atoms with Crippen molar-refractivity contribution in [2.24, 2.45) is 5.73 Å². The van der Waals surface area contributed by atoms with E-state index in [1.165, 1.54) is 17.7 Å². The number of benzene rings is 2. The van der Waals surface area contributed by atoms with Gasteiger partial charge in [0.15, 0.2) is 0 Å². The number of hydrogen-bond donors (Lipinski definition) is 1. The molecule has 4 rings (SSSR count). The molecule has 1 aliphatic heterocycles. The highest BCUT2D eigenvalue weighted by Gasteiger charge is 2.39. The van der Waals surface area contributed by atoms with E-state index in [1.807, 2.05) is 18.2 Å². The minimum Gasteiger partial charge on any atom is -0.484 e. The lowest BCUT2D eigenvalue weighted by Crippen LogP contribution is -2.49. The summed E-state index contributed by atoms with van der Waals surface area (Å²) in [5, 5.41) is 8.91. The van der Waals surface area contributed by atoms with E-state index in [4.69, 9.17) is 15.7 Å². The molecule has 0 amide bonds. The third-order valence-electron chi connectivity index (χ3n) is 5.42. The number of likely N-dealkylation sites (tertiary alicyclic amines) is 1. The Balaban J connectivity index is 1.63. The second kappa shape index (κ2) is 7.06. The molecule has 2 aliphatic rings. The summed E-state index contributed by atoms with van der Waals surface area (Å²) in [5.74, 6) is -0.0951. The van der Waals surface area contributed by atoms with Gasteiger partial charge in [-0.25, -0.2) is 4.39 Å². The number of hydrogen-bond acceptors (Lipinski definition) is 4. The Labute approximate surface area is 153 Å². The summed E-state index contributed by atoms with van der Waals surface area (Å²) in [6.07, 6.45) is 2.89. The summed E-state index contributed by atoms with van der Waals surface area (Å²) in [6, 6.07) is 15.0. The van der Waals surface area contributed by atoms with E-state index in [-0.39, 0.29) is 23.8 Å². The fourth-order valence-electron chi connectivity index (χ4n) is 4.15. The highest BCUT2D eigenvalue weighted by Crippen LogP contribution is 2.39. The maximum Gasteiger partial charge on any atom is 0.144 e. The maximum absolute atomic E-state index is 14.0. The average molecular weight is 351 g/mol. The van der Waals surface area contributed by atoms with E-state index < -0.39 is 5.82 Å². The van der Waals surface area contributed by atoms with Gasteiger partial charge in [0.05, 0.1) is 11.6 Å². The summed E-state index contributed by atoms with van der Waals surface area (Å²) < 4.78 is 20.2. The lowest BCUT2D eigenvalue weighted by Gasteiger charge is -2.38. The molecule has 1 heterocycles. The molecule has 4 nitrogen and oxygen atoms in total. The summed E-state index contributed by atoms with van der Waals surface area (Å²) >= 11 is 0. The van der Waals surface area contributed by atoms with Crippen molar-refractivity contribution in [3.63, 3.8) is 0 Å². The van der Waals surface area contributed by atoms with Crippen molar-refractivity contribution >= 4 is 0 Å². The molecule has 2 aromatic carbocycles. The van der Waals surface area contributed by atoms with Crippen LogP contribution in [0.3, 0.4) is 0 Å². The summed E-state index contributed by atoms with van der Waals surface area (Å²) in [5.41, 5.74) is 8.64. The van der Waals surface area contributed by atoms with Gasteiger partial charge in [-0.05, 0) is 49.1 Å². The molecular formula is C21H22FN3O. The number of nitrogens with zero attached hydrogens (tertiary/aromatic N) is 2. The fourth-order valence-corrected chi connectivity index (χ4v) is 4.15.